The van der Waals surface area contributed by atoms with Crippen LogP contribution < -0.4 is 4.74 Å². The van der Waals surface area contributed by atoms with Crippen molar-refractivity contribution in [3.63, 3.8) is 0 Å². The van der Waals surface area contributed by atoms with Gasteiger partial charge in [0.2, 0.25) is 10.0 Å². The number of ketones is 1. The first-order chi connectivity index (χ1) is 18.6. The third kappa shape index (κ3) is 5.95. The topological polar surface area (TPSA) is 66.9 Å². The lowest BCUT2D eigenvalue weighted by molar-refractivity contribution is 0.105. The Morgan fingerprint density at radius 1 is 0.821 bits per heavy atom. The number of carbonyl (C=O) groups is 1. The summed E-state index contributed by atoms with van der Waals surface area (Å²) in [5.41, 5.74) is 3.96. The normalized spacial score (nSPS) is 16.6. The average molecular weight is 553 g/mol. The Morgan fingerprint density at radius 3 is 2.13 bits per heavy atom. The Balaban J connectivity index is 1.32. The minimum atomic E-state index is -3.16. The third-order valence-electron chi connectivity index (χ3n) is 7.16. The highest BCUT2D eigenvalue weighted by Gasteiger charge is 2.32. The average Bonchev–Trinajstić information content (AvgIpc) is 3.18. The highest BCUT2D eigenvalue weighted by atomic mass is 32.2. The molecule has 39 heavy (non-hydrogen) atoms. The van der Waals surface area contributed by atoms with Gasteiger partial charge in [-0.15, -0.1) is 0 Å². The number of allylic oxidation sites excluding steroid dienone is 1. The molecule has 0 atom stereocenters. The number of halogens is 2. The lowest BCUT2D eigenvalue weighted by atomic mass is 9.93. The lowest BCUT2D eigenvalue weighted by Gasteiger charge is -2.33. The van der Waals surface area contributed by atoms with Crippen molar-refractivity contribution in [2.45, 2.75) is 13.3 Å². The summed E-state index contributed by atoms with van der Waals surface area (Å²) in [5.74, 6) is -1.10. The van der Waals surface area contributed by atoms with E-state index in [1.54, 1.807) is 18.2 Å². The summed E-state index contributed by atoms with van der Waals surface area (Å²) in [6.07, 6.45) is 1.97. The first-order valence-electron chi connectivity index (χ1n) is 12.9. The summed E-state index contributed by atoms with van der Waals surface area (Å²) >= 11 is 0. The molecule has 1 aliphatic heterocycles. The molecule has 0 spiro atoms. The molecular weight excluding hydrogens is 522 g/mol. The van der Waals surface area contributed by atoms with Crippen LogP contribution in [0.15, 0.2) is 60.7 Å². The number of carbonyl (C=O) groups excluding carboxylic acids is 1. The van der Waals surface area contributed by atoms with Gasteiger partial charge in [0.25, 0.3) is 0 Å². The zero-order chi connectivity index (χ0) is 27.7. The van der Waals surface area contributed by atoms with E-state index in [1.807, 2.05) is 31.2 Å². The molecule has 3 aromatic carbocycles. The highest BCUT2D eigenvalue weighted by Crippen LogP contribution is 2.43. The second-order valence-corrected chi connectivity index (χ2v) is 12.0. The minimum Gasteiger partial charge on any atom is -0.494 e. The maximum absolute atomic E-state index is 14.2. The van der Waals surface area contributed by atoms with E-state index in [-0.39, 0.29) is 5.78 Å². The zero-order valence-electron chi connectivity index (χ0n) is 21.9. The number of hydrogen-bond donors (Lipinski definition) is 0. The van der Waals surface area contributed by atoms with Crippen LogP contribution in [0.3, 0.4) is 0 Å². The smallest absolute Gasteiger partial charge is 0.211 e. The predicted molar refractivity (Wildman–Crippen MR) is 147 cm³/mol. The molecular formula is C30H30F2N2O4S. The van der Waals surface area contributed by atoms with Crippen molar-refractivity contribution in [1.82, 2.24) is 9.21 Å². The zero-order valence-corrected chi connectivity index (χ0v) is 22.7. The molecule has 0 aromatic heterocycles. The van der Waals surface area contributed by atoms with Crippen molar-refractivity contribution in [2.75, 3.05) is 45.6 Å². The Labute approximate surface area is 227 Å². The van der Waals surface area contributed by atoms with Crippen LogP contribution >= 0.6 is 0 Å². The van der Waals surface area contributed by atoms with Gasteiger partial charge in [0, 0.05) is 55.5 Å². The predicted octanol–water partition coefficient (Wildman–Crippen LogP) is 4.77. The minimum absolute atomic E-state index is 0.220. The third-order valence-corrected chi connectivity index (χ3v) is 8.46. The number of Topliss-reactive ketones (excluding diaryl/α,β-unsaturated/α-hetero) is 1. The summed E-state index contributed by atoms with van der Waals surface area (Å²) in [7, 11) is -3.16. The van der Waals surface area contributed by atoms with E-state index in [0.717, 1.165) is 24.6 Å². The molecule has 5 rings (SSSR count). The molecule has 6 nitrogen and oxygen atoms in total. The first kappa shape index (κ1) is 27.2. The van der Waals surface area contributed by atoms with Crippen molar-refractivity contribution < 1.29 is 26.7 Å². The molecule has 2 aliphatic rings. The van der Waals surface area contributed by atoms with E-state index >= 15 is 0 Å². The first-order valence-corrected chi connectivity index (χ1v) is 14.7. The quantitative estimate of drug-likeness (QED) is 0.377. The number of hydrogen-bond acceptors (Lipinski definition) is 5. The van der Waals surface area contributed by atoms with Crippen LogP contribution in [0.2, 0.25) is 0 Å². The van der Waals surface area contributed by atoms with Crippen molar-refractivity contribution in [3.8, 4) is 5.75 Å². The Hall–Kier alpha value is -3.40. The van der Waals surface area contributed by atoms with E-state index in [4.69, 9.17) is 4.74 Å². The van der Waals surface area contributed by atoms with Crippen molar-refractivity contribution >= 4 is 27.0 Å². The van der Waals surface area contributed by atoms with Gasteiger partial charge >= 0.3 is 0 Å². The fraction of sp³-hybridized carbons (Fsp3) is 0.300. The molecule has 0 unspecified atom stereocenters. The fourth-order valence-corrected chi connectivity index (χ4v) is 5.99. The van der Waals surface area contributed by atoms with Gasteiger partial charge in [0.05, 0.1) is 12.9 Å². The van der Waals surface area contributed by atoms with Gasteiger partial charge in [-0.3, -0.25) is 4.79 Å². The molecule has 0 N–H and O–H groups in total. The summed E-state index contributed by atoms with van der Waals surface area (Å²) < 4.78 is 59.2. The van der Waals surface area contributed by atoms with Gasteiger partial charge < -0.3 is 9.64 Å². The van der Waals surface area contributed by atoms with E-state index in [1.165, 1.54) is 22.7 Å². The molecule has 0 saturated carbocycles. The Morgan fingerprint density at radius 2 is 1.49 bits per heavy atom. The Kier molecular flexibility index (Phi) is 7.66. The standard InChI is InChI=1S/C30H30F2N2O4S/c1-20-4-6-21(7-5-20)29-28(22-16-23(31)18-24(32)17-22)26-9-8-25(19-27(26)30(29)35)38-15-3-10-33-11-13-34(14-12-33)39(2,36)37/h4-9,16-19H,3,10-15H2,1-2H3. The highest BCUT2D eigenvalue weighted by molar-refractivity contribution is 7.88. The van der Waals surface area contributed by atoms with Gasteiger partial charge in [-0.05, 0) is 60.4 Å². The molecule has 1 aliphatic carbocycles. The SMILES string of the molecule is Cc1ccc(C2=C(c3cc(F)cc(F)c3)c3ccc(OCCCN4CCN(S(C)(=O)=O)CC4)cc3C2=O)cc1. The second kappa shape index (κ2) is 11.0. The van der Waals surface area contributed by atoms with Gasteiger partial charge in [0.1, 0.15) is 17.4 Å². The molecule has 9 heteroatoms. The van der Waals surface area contributed by atoms with Crippen molar-refractivity contribution in [1.29, 1.82) is 0 Å². The van der Waals surface area contributed by atoms with Crippen LogP contribution in [0.4, 0.5) is 8.78 Å². The van der Waals surface area contributed by atoms with Crippen LogP contribution in [0.5, 0.6) is 5.75 Å². The number of piperazine rings is 1. The molecule has 0 radical (unpaired) electrons. The molecule has 1 heterocycles. The summed E-state index contributed by atoms with van der Waals surface area (Å²) in [4.78, 5) is 15.9. The van der Waals surface area contributed by atoms with Crippen LogP contribution in [-0.2, 0) is 10.0 Å². The maximum Gasteiger partial charge on any atom is 0.211 e. The van der Waals surface area contributed by atoms with E-state index in [9.17, 15) is 22.0 Å². The Bertz CT molecular complexity index is 1520. The van der Waals surface area contributed by atoms with Crippen molar-refractivity contribution in [3.05, 3.63) is 100 Å². The number of sulfonamides is 1. The van der Waals surface area contributed by atoms with Gasteiger partial charge in [-0.2, -0.15) is 4.31 Å². The molecule has 204 valence electrons. The van der Waals surface area contributed by atoms with Crippen molar-refractivity contribution in [2.24, 2.45) is 0 Å². The monoisotopic (exact) mass is 552 g/mol. The van der Waals surface area contributed by atoms with Gasteiger partial charge in [-0.1, -0.05) is 29.8 Å². The number of ether oxygens (including phenoxy) is 1. The molecule has 3 aromatic rings. The second-order valence-electron chi connectivity index (χ2n) is 10.0. The maximum atomic E-state index is 14.2. The number of fused-ring (bicyclic) bond motifs is 1. The van der Waals surface area contributed by atoms with Crippen LogP contribution in [0.25, 0.3) is 11.1 Å². The van der Waals surface area contributed by atoms with Crippen LogP contribution in [0, 0.1) is 18.6 Å². The lowest BCUT2D eigenvalue weighted by Crippen LogP contribution is -2.48. The summed E-state index contributed by atoms with van der Waals surface area (Å²) in [5, 5.41) is 0. The molecule has 1 fully saturated rings. The number of rotatable bonds is 8. The van der Waals surface area contributed by atoms with E-state index < -0.39 is 21.7 Å². The number of nitrogens with zero attached hydrogens (tertiary/aromatic N) is 2. The van der Waals surface area contributed by atoms with Crippen LogP contribution in [-0.4, -0.2) is 69.0 Å². The molecule has 1 saturated heterocycles. The van der Waals surface area contributed by atoms with E-state index in [0.29, 0.717) is 71.9 Å². The van der Waals surface area contributed by atoms with E-state index in [2.05, 4.69) is 4.90 Å². The van der Waals surface area contributed by atoms with Gasteiger partial charge in [-0.25, -0.2) is 17.2 Å². The summed E-state index contributed by atoms with van der Waals surface area (Å²) in [6, 6.07) is 16.0. The number of aryl methyl sites for hydroxylation is 1. The largest absolute Gasteiger partial charge is 0.494 e. The van der Waals surface area contributed by atoms with Crippen LogP contribution in [0.1, 0.15) is 39.0 Å². The fourth-order valence-electron chi connectivity index (χ4n) is 5.16. The summed E-state index contributed by atoms with van der Waals surface area (Å²) in [6.45, 7) is 5.48. The van der Waals surface area contributed by atoms with Gasteiger partial charge in [0.15, 0.2) is 5.78 Å². The molecule has 0 amide bonds. The number of benzene rings is 3. The molecule has 0 bridgehead atoms.